The number of imide groups is 1. The lowest BCUT2D eigenvalue weighted by atomic mass is 10.2. The van der Waals surface area contributed by atoms with Gasteiger partial charge in [0, 0.05) is 13.7 Å². The summed E-state index contributed by atoms with van der Waals surface area (Å²) in [4.78, 5) is 22.8. The first kappa shape index (κ1) is 16.1. The Morgan fingerprint density at radius 3 is 2.95 bits per heavy atom. The molecule has 20 heavy (non-hydrogen) atoms. The van der Waals surface area contributed by atoms with Crippen LogP contribution in [0.4, 0.5) is 4.79 Å². The van der Waals surface area contributed by atoms with Gasteiger partial charge in [0.05, 0.1) is 18.9 Å². The lowest BCUT2D eigenvalue weighted by Crippen LogP contribution is -2.42. The standard InChI is InChI=1S/C11H19N5O4/c1-3-9(17)8-6-16(15-14-8)7-10(18)13-11(19)12-4-5-20-2/h6,9,17H,3-5,7H2,1-2H3,(H2,12,13,18,19). The van der Waals surface area contributed by atoms with Crippen LogP contribution in [0.25, 0.3) is 0 Å². The average Bonchev–Trinajstić information content (AvgIpc) is 2.86. The number of nitrogens with one attached hydrogen (secondary N) is 2. The van der Waals surface area contributed by atoms with Gasteiger partial charge in [0.25, 0.3) is 0 Å². The highest BCUT2D eigenvalue weighted by Gasteiger charge is 2.12. The van der Waals surface area contributed by atoms with Gasteiger partial charge in [0.2, 0.25) is 5.91 Å². The van der Waals surface area contributed by atoms with E-state index in [-0.39, 0.29) is 6.54 Å². The minimum Gasteiger partial charge on any atom is -0.387 e. The van der Waals surface area contributed by atoms with E-state index in [1.54, 1.807) is 6.92 Å². The van der Waals surface area contributed by atoms with E-state index in [1.165, 1.54) is 18.0 Å². The van der Waals surface area contributed by atoms with Crippen LogP contribution in [0.1, 0.15) is 25.1 Å². The van der Waals surface area contributed by atoms with Crippen molar-refractivity contribution in [3.8, 4) is 0 Å². The van der Waals surface area contributed by atoms with Crippen molar-refractivity contribution in [2.75, 3.05) is 20.3 Å². The van der Waals surface area contributed by atoms with Crippen LogP contribution < -0.4 is 10.6 Å². The third kappa shape index (κ3) is 5.33. The SMILES string of the molecule is CCC(O)c1cn(CC(=O)NC(=O)NCCOC)nn1. The van der Waals surface area contributed by atoms with Crippen molar-refractivity contribution in [3.05, 3.63) is 11.9 Å². The van der Waals surface area contributed by atoms with E-state index >= 15 is 0 Å². The van der Waals surface area contributed by atoms with Gasteiger partial charge in [-0.1, -0.05) is 12.1 Å². The van der Waals surface area contributed by atoms with Gasteiger partial charge >= 0.3 is 6.03 Å². The van der Waals surface area contributed by atoms with Gasteiger partial charge in [-0.3, -0.25) is 10.1 Å². The zero-order valence-electron chi connectivity index (χ0n) is 11.5. The molecule has 1 aromatic heterocycles. The fourth-order valence-electron chi connectivity index (χ4n) is 1.38. The maximum Gasteiger partial charge on any atom is 0.321 e. The number of nitrogens with zero attached hydrogens (tertiary/aromatic N) is 3. The summed E-state index contributed by atoms with van der Waals surface area (Å²) < 4.78 is 6.01. The molecule has 3 amide bonds. The Morgan fingerprint density at radius 1 is 1.55 bits per heavy atom. The van der Waals surface area contributed by atoms with Crippen molar-refractivity contribution < 1.29 is 19.4 Å². The monoisotopic (exact) mass is 285 g/mol. The molecule has 1 aromatic rings. The number of methoxy groups -OCH3 is 1. The summed E-state index contributed by atoms with van der Waals surface area (Å²) in [5, 5.41) is 21.6. The van der Waals surface area contributed by atoms with E-state index in [4.69, 9.17) is 4.74 Å². The van der Waals surface area contributed by atoms with Crippen LogP contribution in [0.2, 0.25) is 0 Å². The molecular weight excluding hydrogens is 266 g/mol. The van der Waals surface area contributed by atoms with Gasteiger partial charge in [0.1, 0.15) is 12.2 Å². The minimum absolute atomic E-state index is 0.152. The number of urea groups is 1. The molecule has 0 aliphatic rings. The molecule has 1 heterocycles. The van der Waals surface area contributed by atoms with Crippen molar-refractivity contribution in [3.63, 3.8) is 0 Å². The first-order valence-corrected chi connectivity index (χ1v) is 6.21. The molecule has 0 aromatic carbocycles. The lowest BCUT2D eigenvalue weighted by Gasteiger charge is -2.05. The van der Waals surface area contributed by atoms with E-state index in [9.17, 15) is 14.7 Å². The summed E-state index contributed by atoms with van der Waals surface area (Å²) >= 11 is 0. The summed E-state index contributed by atoms with van der Waals surface area (Å²) in [7, 11) is 1.51. The Hall–Kier alpha value is -2.00. The summed E-state index contributed by atoms with van der Waals surface area (Å²) in [6, 6.07) is -0.596. The molecule has 0 saturated heterocycles. The zero-order valence-corrected chi connectivity index (χ0v) is 11.5. The highest BCUT2D eigenvalue weighted by atomic mass is 16.5. The fraction of sp³-hybridized carbons (Fsp3) is 0.636. The van der Waals surface area contributed by atoms with Crippen LogP contribution in [-0.2, 0) is 16.1 Å². The zero-order chi connectivity index (χ0) is 15.0. The van der Waals surface area contributed by atoms with Gasteiger partial charge in [-0.2, -0.15) is 0 Å². The molecule has 3 N–H and O–H groups in total. The number of rotatable bonds is 7. The number of ether oxygens (including phenoxy) is 1. The highest BCUT2D eigenvalue weighted by Crippen LogP contribution is 2.11. The number of aromatic nitrogens is 3. The molecule has 0 bridgehead atoms. The maximum absolute atomic E-state index is 11.5. The minimum atomic E-state index is -0.704. The molecule has 0 fully saturated rings. The number of hydrogen-bond donors (Lipinski definition) is 3. The van der Waals surface area contributed by atoms with Gasteiger partial charge in [-0.05, 0) is 6.42 Å². The van der Waals surface area contributed by atoms with Gasteiger partial charge in [-0.25, -0.2) is 9.48 Å². The van der Waals surface area contributed by atoms with Crippen molar-refractivity contribution >= 4 is 11.9 Å². The third-order valence-corrected chi connectivity index (χ3v) is 2.43. The molecule has 0 saturated carbocycles. The van der Waals surface area contributed by atoms with Gasteiger partial charge in [-0.15, -0.1) is 5.10 Å². The summed E-state index contributed by atoms with van der Waals surface area (Å²) in [6.07, 6.45) is 1.27. The van der Waals surface area contributed by atoms with Crippen LogP contribution in [-0.4, -0.2) is 52.3 Å². The van der Waals surface area contributed by atoms with Crippen LogP contribution in [0.5, 0.6) is 0 Å². The summed E-state index contributed by atoms with van der Waals surface area (Å²) in [5.41, 5.74) is 0.393. The number of aliphatic hydroxyl groups excluding tert-OH is 1. The van der Waals surface area contributed by atoms with E-state index < -0.39 is 18.0 Å². The Kier molecular flexibility index (Phi) is 6.60. The Morgan fingerprint density at radius 2 is 2.30 bits per heavy atom. The smallest absolute Gasteiger partial charge is 0.321 e. The topological polar surface area (TPSA) is 118 Å². The molecule has 1 rings (SSSR count). The lowest BCUT2D eigenvalue weighted by molar-refractivity contribution is -0.120. The van der Waals surface area contributed by atoms with Crippen LogP contribution >= 0.6 is 0 Å². The molecule has 0 spiro atoms. The average molecular weight is 285 g/mol. The predicted molar refractivity (Wildman–Crippen MR) is 68.7 cm³/mol. The number of carbonyl (C=O) groups excluding carboxylic acids is 2. The Balaban J connectivity index is 2.38. The molecule has 1 atom stereocenters. The maximum atomic E-state index is 11.5. The largest absolute Gasteiger partial charge is 0.387 e. The molecule has 1 unspecified atom stereocenters. The van der Waals surface area contributed by atoms with Crippen molar-refractivity contribution in [1.29, 1.82) is 0 Å². The van der Waals surface area contributed by atoms with E-state index in [0.29, 0.717) is 25.3 Å². The van der Waals surface area contributed by atoms with E-state index in [0.717, 1.165) is 0 Å². The first-order chi connectivity index (χ1) is 9.56. The first-order valence-electron chi connectivity index (χ1n) is 6.21. The molecule has 9 heteroatoms. The van der Waals surface area contributed by atoms with E-state index in [1.807, 2.05) is 0 Å². The predicted octanol–water partition coefficient (Wildman–Crippen LogP) is -0.806. The van der Waals surface area contributed by atoms with Crippen molar-refractivity contribution in [2.24, 2.45) is 0 Å². The highest BCUT2D eigenvalue weighted by molar-refractivity contribution is 5.94. The molecule has 0 aliphatic heterocycles. The second-order valence-corrected chi connectivity index (χ2v) is 4.06. The number of hydrogen-bond acceptors (Lipinski definition) is 6. The fourth-order valence-corrected chi connectivity index (χ4v) is 1.38. The van der Waals surface area contributed by atoms with Gasteiger partial charge in [0.15, 0.2) is 0 Å². The number of carbonyl (C=O) groups is 2. The summed E-state index contributed by atoms with van der Waals surface area (Å²) in [6.45, 7) is 2.33. The quantitative estimate of drug-likeness (QED) is 0.564. The molecule has 9 nitrogen and oxygen atoms in total. The summed E-state index contributed by atoms with van der Waals surface area (Å²) in [5.74, 6) is -0.526. The molecular formula is C11H19N5O4. The molecule has 112 valence electrons. The van der Waals surface area contributed by atoms with Crippen molar-refractivity contribution in [2.45, 2.75) is 26.0 Å². The van der Waals surface area contributed by atoms with Crippen LogP contribution in [0.15, 0.2) is 6.20 Å². The Bertz CT molecular complexity index is 448. The van der Waals surface area contributed by atoms with Crippen LogP contribution in [0, 0.1) is 0 Å². The normalized spacial score (nSPS) is 11.9. The molecule has 0 radical (unpaired) electrons. The van der Waals surface area contributed by atoms with Crippen molar-refractivity contribution in [1.82, 2.24) is 25.6 Å². The Labute approximate surface area is 116 Å². The number of amides is 3. The third-order valence-electron chi connectivity index (χ3n) is 2.43. The second-order valence-electron chi connectivity index (χ2n) is 4.06. The second kappa shape index (κ2) is 8.23. The van der Waals surface area contributed by atoms with Crippen LogP contribution in [0.3, 0.4) is 0 Å². The molecule has 0 aliphatic carbocycles. The number of aliphatic hydroxyl groups is 1. The van der Waals surface area contributed by atoms with Gasteiger partial charge < -0.3 is 15.2 Å². The van der Waals surface area contributed by atoms with E-state index in [2.05, 4.69) is 20.9 Å².